The van der Waals surface area contributed by atoms with E-state index in [2.05, 4.69) is 15.6 Å². The van der Waals surface area contributed by atoms with E-state index in [1.165, 1.54) is 5.56 Å². The summed E-state index contributed by atoms with van der Waals surface area (Å²) in [5.41, 5.74) is 2.28. The molecule has 1 aromatic heterocycles. The summed E-state index contributed by atoms with van der Waals surface area (Å²) in [5.74, 6) is 0. The molecule has 0 aromatic carbocycles. The van der Waals surface area contributed by atoms with Gasteiger partial charge in [-0.3, -0.25) is 4.98 Å². The normalized spacial score (nSPS) is 12.5. The Balaban J connectivity index is 2.58. The Kier molecular flexibility index (Phi) is 5.07. The van der Waals surface area contributed by atoms with Crippen LogP contribution in [0.3, 0.4) is 0 Å². The van der Waals surface area contributed by atoms with Crippen molar-refractivity contribution in [3.8, 4) is 0 Å². The molecule has 15 heavy (non-hydrogen) atoms. The summed E-state index contributed by atoms with van der Waals surface area (Å²) in [6, 6.07) is 2.01. The molecule has 0 aliphatic heterocycles. The lowest BCUT2D eigenvalue weighted by Gasteiger charge is -2.14. The summed E-state index contributed by atoms with van der Waals surface area (Å²) in [6.45, 7) is 3.66. The summed E-state index contributed by atoms with van der Waals surface area (Å²) in [7, 11) is 3.64. The first kappa shape index (κ1) is 11.9. The standard InChI is InChI=1S/C11H19N3O/c1-9(15-3)6-14-11-8-13-5-4-10(11)7-12-2/h4-5,8-9,12,14H,6-7H2,1-3H3. The molecule has 0 saturated heterocycles. The molecule has 0 amide bonds. The first-order valence-electron chi connectivity index (χ1n) is 5.12. The zero-order valence-electron chi connectivity index (χ0n) is 9.58. The van der Waals surface area contributed by atoms with Crippen LogP contribution in [0.15, 0.2) is 18.5 Å². The van der Waals surface area contributed by atoms with Crippen LogP contribution in [-0.4, -0.2) is 31.8 Å². The van der Waals surface area contributed by atoms with Gasteiger partial charge in [0.1, 0.15) is 0 Å². The van der Waals surface area contributed by atoms with Crippen LogP contribution in [0, 0.1) is 0 Å². The quantitative estimate of drug-likeness (QED) is 0.740. The summed E-state index contributed by atoms with van der Waals surface area (Å²) in [5, 5.41) is 6.45. The van der Waals surface area contributed by atoms with Crippen molar-refractivity contribution in [2.24, 2.45) is 0 Å². The predicted octanol–water partition coefficient (Wildman–Crippen LogP) is 1.25. The van der Waals surface area contributed by atoms with Crippen LogP contribution in [0.25, 0.3) is 0 Å². The molecule has 1 aromatic rings. The van der Waals surface area contributed by atoms with Crippen molar-refractivity contribution in [3.63, 3.8) is 0 Å². The van der Waals surface area contributed by atoms with E-state index in [9.17, 15) is 0 Å². The van der Waals surface area contributed by atoms with Gasteiger partial charge >= 0.3 is 0 Å². The third kappa shape index (κ3) is 3.85. The van der Waals surface area contributed by atoms with Crippen LogP contribution < -0.4 is 10.6 Å². The Morgan fingerprint density at radius 3 is 3.00 bits per heavy atom. The van der Waals surface area contributed by atoms with Gasteiger partial charge < -0.3 is 15.4 Å². The molecule has 1 heterocycles. The van der Waals surface area contributed by atoms with Crippen molar-refractivity contribution >= 4 is 5.69 Å². The van der Waals surface area contributed by atoms with E-state index in [1.54, 1.807) is 13.3 Å². The molecular formula is C11H19N3O. The minimum absolute atomic E-state index is 0.202. The number of hydrogen-bond donors (Lipinski definition) is 2. The van der Waals surface area contributed by atoms with Crippen LogP contribution >= 0.6 is 0 Å². The number of ether oxygens (including phenoxy) is 1. The van der Waals surface area contributed by atoms with E-state index in [-0.39, 0.29) is 6.10 Å². The number of aromatic nitrogens is 1. The van der Waals surface area contributed by atoms with Crippen molar-refractivity contribution in [2.45, 2.75) is 19.6 Å². The van der Waals surface area contributed by atoms with E-state index >= 15 is 0 Å². The number of nitrogens with zero attached hydrogens (tertiary/aromatic N) is 1. The van der Waals surface area contributed by atoms with Gasteiger partial charge in [-0.2, -0.15) is 0 Å². The molecule has 0 fully saturated rings. The van der Waals surface area contributed by atoms with Gasteiger partial charge in [-0.15, -0.1) is 0 Å². The Bertz CT molecular complexity index is 291. The summed E-state index contributed by atoms with van der Waals surface area (Å²) in [6.07, 6.45) is 3.85. The maximum Gasteiger partial charge on any atom is 0.0715 e. The highest BCUT2D eigenvalue weighted by Crippen LogP contribution is 2.12. The van der Waals surface area contributed by atoms with E-state index in [4.69, 9.17) is 4.74 Å². The third-order valence-electron chi connectivity index (χ3n) is 2.26. The molecule has 0 spiro atoms. The minimum atomic E-state index is 0.202. The highest BCUT2D eigenvalue weighted by molar-refractivity contribution is 5.48. The number of nitrogens with one attached hydrogen (secondary N) is 2. The highest BCUT2D eigenvalue weighted by Gasteiger charge is 2.03. The fraction of sp³-hybridized carbons (Fsp3) is 0.545. The number of hydrogen-bond acceptors (Lipinski definition) is 4. The van der Waals surface area contributed by atoms with Gasteiger partial charge in [0.05, 0.1) is 18.0 Å². The lowest BCUT2D eigenvalue weighted by molar-refractivity contribution is 0.129. The largest absolute Gasteiger partial charge is 0.381 e. The van der Waals surface area contributed by atoms with E-state index in [0.717, 1.165) is 18.8 Å². The Morgan fingerprint density at radius 1 is 1.53 bits per heavy atom. The van der Waals surface area contributed by atoms with E-state index in [0.29, 0.717) is 0 Å². The van der Waals surface area contributed by atoms with Crippen molar-refractivity contribution < 1.29 is 4.74 Å². The first-order valence-corrected chi connectivity index (χ1v) is 5.12. The molecule has 1 unspecified atom stereocenters. The first-order chi connectivity index (χ1) is 7.27. The smallest absolute Gasteiger partial charge is 0.0715 e. The number of rotatable bonds is 6. The van der Waals surface area contributed by atoms with Gasteiger partial charge in [0, 0.05) is 26.4 Å². The molecular weight excluding hydrogens is 190 g/mol. The molecule has 84 valence electrons. The average Bonchev–Trinajstić information content (AvgIpc) is 2.28. The fourth-order valence-electron chi connectivity index (χ4n) is 1.26. The maximum absolute atomic E-state index is 5.17. The second-order valence-electron chi connectivity index (χ2n) is 3.49. The lowest BCUT2D eigenvalue weighted by atomic mass is 10.2. The van der Waals surface area contributed by atoms with E-state index < -0.39 is 0 Å². The predicted molar refractivity (Wildman–Crippen MR) is 62.0 cm³/mol. The molecule has 0 saturated carbocycles. The van der Waals surface area contributed by atoms with Gasteiger partial charge in [0.15, 0.2) is 0 Å². The molecule has 0 aliphatic rings. The second-order valence-corrected chi connectivity index (χ2v) is 3.49. The molecule has 1 rings (SSSR count). The Morgan fingerprint density at radius 2 is 2.33 bits per heavy atom. The van der Waals surface area contributed by atoms with Crippen LogP contribution in [0.1, 0.15) is 12.5 Å². The third-order valence-corrected chi connectivity index (χ3v) is 2.26. The second kappa shape index (κ2) is 6.37. The SMILES string of the molecule is CNCc1ccncc1NCC(C)OC. The van der Waals surface area contributed by atoms with Crippen molar-refractivity contribution in [1.29, 1.82) is 0 Å². The molecule has 4 heteroatoms. The van der Waals surface area contributed by atoms with Crippen molar-refractivity contribution in [2.75, 3.05) is 26.0 Å². The summed E-state index contributed by atoms with van der Waals surface area (Å²) in [4.78, 5) is 4.10. The number of pyridine rings is 1. The monoisotopic (exact) mass is 209 g/mol. The van der Waals surface area contributed by atoms with Crippen molar-refractivity contribution in [1.82, 2.24) is 10.3 Å². The van der Waals surface area contributed by atoms with Gasteiger partial charge in [-0.05, 0) is 25.6 Å². The van der Waals surface area contributed by atoms with Gasteiger partial charge in [0.25, 0.3) is 0 Å². The number of methoxy groups -OCH3 is 1. The Labute approximate surface area is 91.1 Å². The number of anilines is 1. The van der Waals surface area contributed by atoms with Gasteiger partial charge in [-0.1, -0.05) is 0 Å². The Hall–Kier alpha value is -1.13. The topological polar surface area (TPSA) is 46.2 Å². The highest BCUT2D eigenvalue weighted by atomic mass is 16.5. The lowest BCUT2D eigenvalue weighted by Crippen LogP contribution is -2.19. The summed E-state index contributed by atoms with van der Waals surface area (Å²) < 4.78 is 5.17. The van der Waals surface area contributed by atoms with Gasteiger partial charge in [-0.25, -0.2) is 0 Å². The molecule has 4 nitrogen and oxygen atoms in total. The molecule has 1 atom stereocenters. The molecule has 0 radical (unpaired) electrons. The molecule has 0 bridgehead atoms. The molecule has 2 N–H and O–H groups in total. The van der Waals surface area contributed by atoms with E-state index in [1.807, 2.05) is 26.2 Å². The zero-order chi connectivity index (χ0) is 11.1. The van der Waals surface area contributed by atoms with Crippen molar-refractivity contribution in [3.05, 3.63) is 24.0 Å². The van der Waals surface area contributed by atoms with Crippen LogP contribution in [0.4, 0.5) is 5.69 Å². The summed E-state index contributed by atoms with van der Waals surface area (Å²) >= 11 is 0. The van der Waals surface area contributed by atoms with Gasteiger partial charge in [0.2, 0.25) is 0 Å². The van der Waals surface area contributed by atoms with Crippen LogP contribution in [-0.2, 0) is 11.3 Å². The fourth-order valence-corrected chi connectivity index (χ4v) is 1.26. The van der Waals surface area contributed by atoms with Crippen LogP contribution in [0.2, 0.25) is 0 Å². The minimum Gasteiger partial charge on any atom is -0.381 e. The maximum atomic E-state index is 5.17. The average molecular weight is 209 g/mol. The zero-order valence-corrected chi connectivity index (χ0v) is 9.58. The van der Waals surface area contributed by atoms with Crippen LogP contribution in [0.5, 0.6) is 0 Å². The molecule has 0 aliphatic carbocycles.